The third-order valence-corrected chi connectivity index (χ3v) is 0. The molecule has 0 saturated carbocycles. The molecule has 0 spiro atoms. The molecular weight excluding hydrogens is 87.9 g/mol. The van der Waals surface area contributed by atoms with Crippen molar-refractivity contribution in [2.45, 2.75) is 0 Å². The predicted octanol–water partition coefficient (Wildman–Crippen LogP) is 0.648. The van der Waals surface area contributed by atoms with E-state index in [4.69, 9.17) is 0 Å². The van der Waals surface area contributed by atoms with Crippen LogP contribution in [0.3, 0.4) is 0 Å². The van der Waals surface area contributed by atoms with Gasteiger partial charge in [0.05, 0.1) is 0 Å². The summed E-state index contributed by atoms with van der Waals surface area (Å²) in [4.78, 5) is 0. The normalized spacial score (nSPS) is 0. The first-order chi connectivity index (χ1) is 0. The third-order valence-electron chi connectivity index (χ3n) is 0. The van der Waals surface area contributed by atoms with Gasteiger partial charge in [-0.25, -0.2) is 0 Å². The van der Waals surface area contributed by atoms with E-state index >= 15 is 0 Å². The van der Waals surface area contributed by atoms with Crippen LogP contribution in [-0.4, -0.2) is 8.41 Å². The van der Waals surface area contributed by atoms with Gasteiger partial charge in [0.15, 0.2) is 0 Å². The summed E-state index contributed by atoms with van der Waals surface area (Å²) in [7, 11) is 0. The van der Waals surface area contributed by atoms with E-state index in [1.54, 1.807) is 0 Å². The van der Waals surface area contributed by atoms with Crippen molar-refractivity contribution in [2.75, 3.05) is 0 Å². The molecule has 0 aromatic carbocycles. The van der Waals surface area contributed by atoms with Crippen LogP contribution in [0.5, 0.6) is 0 Å². The van der Waals surface area contributed by atoms with Gasteiger partial charge in [-0.15, -0.1) is 0 Å². The van der Waals surface area contributed by atoms with Gasteiger partial charge < -0.3 is 0 Å². The Morgan fingerprint density at radius 1 is 1.00 bits per heavy atom. The van der Waals surface area contributed by atoms with Crippen LogP contribution >= 0.6 is 23.4 Å². The lowest BCUT2D eigenvalue weighted by Gasteiger charge is -0.00100. The summed E-state index contributed by atoms with van der Waals surface area (Å²) in [6.07, 6.45) is 0. The van der Waals surface area contributed by atoms with Crippen LogP contribution in [0.2, 0.25) is 0 Å². The molecule has 0 aromatic rings. The van der Waals surface area contributed by atoms with E-state index < -0.39 is 0 Å². The molecule has 0 aromatic heterocycles. The summed E-state index contributed by atoms with van der Waals surface area (Å²) in [6, 6.07) is 0. The zero-order valence-electron chi connectivity index (χ0n) is 1.88. The Morgan fingerprint density at radius 3 is 1.00 bits per heavy atom. The van der Waals surface area contributed by atoms with Crippen LogP contribution in [0.25, 0.3) is 0 Å². The smallest absolute Gasteiger partial charge is 0 e. The molecule has 0 saturated heterocycles. The Balaban J connectivity index is 0. The minimum atomic E-state index is 0. The van der Waals surface area contributed by atoms with Crippen molar-refractivity contribution in [1.29, 1.82) is 0 Å². The molecule has 0 aliphatic rings. The van der Waals surface area contributed by atoms with E-state index in [0.29, 0.717) is 0 Å². The lowest BCUT2D eigenvalue weighted by Crippen LogP contribution is -0.481. The molecule has 19 valence electrons. The van der Waals surface area contributed by atoms with E-state index in [9.17, 15) is 0 Å². The molecule has 0 aliphatic carbocycles. The molecule has 0 fully saturated rings. The largest absolute Gasteiger partial charge is 0 e. The maximum Gasteiger partial charge on any atom is 0 e. The first-order valence-corrected chi connectivity index (χ1v) is 0. The molecule has 11 radical (unpaired) electrons. The van der Waals surface area contributed by atoms with Gasteiger partial charge in [-0.3, -0.25) is 0 Å². The average Bonchev–Trinajstić information content (AvgIpc) is 0. The zero-order valence-corrected chi connectivity index (χ0v) is 3.59. The fourth-order valence-electron chi connectivity index (χ4n) is 0. The van der Waals surface area contributed by atoms with E-state index in [0.717, 1.165) is 0 Å². The Bertz CT molecular complexity index is 8.00. The van der Waals surface area contributed by atoms with Gasteiger partial charge in [0.1, 0.15) is 0 Å². The number of nitrogens with zero attached hydrogens (tertiary/aromatic N) is 1. The second kappa shape index (κ2) is 46.2. The fraction of sp³-hybridized carbons (Fsp3) is 0. The maximum absolute atomic E-state index is 0. The molecule has 0 N–H and O–H groups in total. The van der Waals surface area contributed by atoms with Crippen molar-refractivity contribution in [3.63, 3.8) is 0 Å². The van der Waals surface area contributed by atoms with E-state index in [1.165, 1.54) is 0 Å². The molecule has 0 rings (SSSR count). The summed E-state index contributed by atoms with van der Waals surface area (Å²) in [6.45, 7) is 0. The van der Waals surface area contributed by atoms with E-state index in [1.807, 2.05) is 0 Å². The van der Waals surface area contributed by atoms with Crippen molar-refractivity contribution in [3.05, 3.63) is 0 Å². The Kier molecular flexibility index (Phi) is 1240. The molecule has 0 heterocycles. The number of rotatable bonds is 0. The van der Waals surface area contributed by atoms with Crippen LogP contribution in [0.1, 0.15) is 0 Å². The molecule has 1 nitrogen and oxygen atoms in total. The molecule has 4 heteroatoms. The van der Waals surface area contributed by atoms with Gasteiger partial charge in [-0.05, 0) is 0 Å². The Morgan fingerprint density at radius 2 is 1.00 bits per heavy atom. The second-order valence-corrected chi connectivity index (χ2v) is 0. The van der Waals surface area contributed by atoms with Gasteiger partial charge in [0.2, 0.25) is 0 Å². The third kappa shape index (κ3) is 14.1. The van der Waals surface area contributed by atoms with Gasteiger partial charge in [0, 0.05) is 38.0 Å². The van der Waals surface area contributed by atoms with Gasteiger partial charge >= 0.3 is 0 Å². The van der Waals surface area contributed by atoms with Crippen molar-refractivity contribution >= 4 is 31.8 Å². The van der Waals surface area contributed by atoms with E-state index in [-0.39, 0.29) is 38.0 Å². The fourth-order valence-corrected chi connectivity index (χ4v) is 0. The Labute approximate surface area is 38.8 Å². The monoisotopic (exact) mass is 88.0 g/mol. The van der Waals surface area contributed by atoms with Gasteiger partial charge in [-0.1, -0.05) is 0 Å². The molecular formula is BNPS. The minimum Gasteiger partial charge on any atom is 0 e. The second-order valence-electron chi connectivity index (χ2n) is 0. The van der Waals surface area contributed by atoms with Crippen LogP contribution in [-0.2, 0) is 0 Å². The predicted molar refractivity (Wildman–Crippen MR) is 22.4 cm³/mol. The highest BCUT2D eigenvalue weighted by Gasteiger charge is 0.00300. The molecule has 0 unspecified atom stereocenters. The van der Waals surface area contributed by atoms with Crippen molar-refractivity contribution in [2.24, 2.45) is 0 Å². The summed E-state index contributed by atoms with van der Waals surface area (Å²) in [5.74, 6) is 0. The summed E-state index contributed by atoms with van der Waals surface area (Å²) in [5, 5.41) is 0. The van der Waals surface area contributed by atoms with Crippen LogP contribution < -0.4 is 6.15 Å². The van der Waals surface area contributed by atoms with Crippen LogP contribution in [0, 0.1) is 0 Å². The molecule has 0 atom stereocenters. The average molecular weight is 87.9 g/mol. The SMILES string of the molecule is [B].[N].[P].[S]. The molecule has 4 heavy (non-hydrogen) atoms. The Hall–Kier alpha value is 0.805. The highest BCUT2D eigenvalue weighted by molar-refractivity contribution is 7.59. The summed E-state index contributed by atoms with van der Waals surface area (Å²) in [5.41, 5.74) is 0. The lowest BCUT2D eigenvalue weighted by molar-refractivity contribution is 2.13. The van der Waals surface area contributed by atoms with E-state index in [2.05, 4.69) is 0 Å². The molecule has 0 aliphatic heterocycles. The number of hydrogen-bond donors (Lipinski definition) is 0. The summed E-state index contributed by atoms with van der Waals surface area (Å²) < 4.78 is 0. The van der Waals surface area contributed by atoms with Gasteiger partial charge in [0.25, 0.3) is 0 Å². The van der Waals surface area contributed by atoms with Crippen LogP contribution in [0.4, 0.5) is 0 Å². The zero-order chi connectivity index (χ0) is 0. The van der Waals surface area contributed by atoms with Crippen molar-refractivity contribution in [3.8, 4) is 0 Å². The van der Waals surface area contributed by atoms with Crippen molar-refractivity contribution in [1.82, 2.24) is 6.15 Å². The highest BCUT2D eigenvalue weighted by atomic mass is 32.1. The molecule has 0 bridgehead atoms. The van der Waals surface area contributed by atoms with Crippen LogP contribution in [0.15, 0.2) is 0 Å². The minimum absolute atomic E-state index is 0. The first-order valence-electron chi connectivity index (χ1n) is 0. The quantitative estimate of drug-likeness (QED) is 0.307. The maximum atomic E-state index is 0. The summed E-state index contributed by atoms with van der Waals surface area (Å²) >= 11 is 0. The molecule has 0 amide bonds. The first kappa shape index (κ1) is 107. The number of hydrogen-bond acceptors (Lipinski definition) is 0. The standard InChI is InChI=1S/B.N.P.S. The lowest BCUT2D eigenvalue weighted by atomic mass is 10.8. The van der Waals surface area contributed by atoms with Crippen molar-refractivity contribution < 1.29 is 0 Å². The highest BCUT2D eigenvalue weighted by Crippen LogP contribution is 0.861. The topological polar surface area (TPSA) is 30.5 Å². The van der Waals surface area contributed by atoms with Gasteiger partial charge in [-0.2, -0.15) is 0 Å².